The van der Waals surface area contributed by atoms with Crippen molar-refractivity contribution in [3.63, 3.8) is 0 Å². The monoisotopic (exact) mass is 306 g/mol. The number of piperazine rings is 1. The summed E-state index contributed by atoms with van der Waals surface area (Å²) in [4.78, 5) is 19.9. The predicted molar refractivity (Wildman–Crippen MR) is 85.5 cm³/mol. The molecule has 2 aliphatic rings. The maximum absolute atomic E-state index is 12.3. The molecule has 1 amide bonds. The molecule has 0 bridgehead atoms. The number of ether oxygens (including phenoxy) is 1. The van der Waals surface area contributed by atoms with E-state index in [2.05, 4.69) is 15.1 Å². The molecule has 0 aliphatic carbocycles. The zero-order valence-corrected chi connectivity index (χ0v) is 13.3. The van der Waals surface area contributed by atoms with Gasteiger partial charge in [0.05, 0.1) is 6.10 Å². The summed E-state index contributed by atoms with van der Waals surface area (Å²) in [7, 11) is 1.77. The van der Waals surface area contributed by atoms with Crippen LogP contribution in [0.4, 0.5) is 0 Å². The molecule has 2 saturated heterocycles. The van der Waals surface area contributed by atoms with Gasteiger partial charge in [0.1, 0.15) is 6.04 Å². The van der Waals surface area contributed by atoms with Crippen LogP contribution in [-0.4, -0.2) is 80.8 Å². The molecule has 2 aliphatic heterocycles. The number of piperidine rings is 1. The number of rotatable bonds is 5. The highest BCUT2D eigenvalue weighted by molar-refractivity contribution is 5.88. The molecule has 2 heterocycles. The molecular formula is C16H26N4O2. The normalized spacial score (nSPS) is 24.5. The van der Waals surface area contributed by atoms with Crippen LogP contribution in [0.1, 0.15) is 12.8 Å². The van der Waals surface area contributed by atoms with Crippen LogP contribution < -0.4 is 5.32 Å². The van der Waals surface area contributed by atoms with Gasteiger partial charge in [-0.05, 0) is 12.8 Å². The highest BCUT2D eigenvalue weighted by Gasteiger charge is 2.27. The molecule has 6 nitrogen and oxygen atoms in total. The first-order valence-corrected chi connectivity index (χ1v) is 8.00. The molecule has 0 aromatic carbocycles. The molecular weight excluding hydrogens is 280 g/mol. The molecule has 1 atom stereocenters. The Labute approximate surface area is 132 Å². The van der Waals surface area contributed by atoms with Crippen LogP contribution in [0.15, 0.2) is 12.2 Å². The van der Waals surface area contributed by atoms with Gasteiger partial charge < -0.3 is 19.8 Å². The van der Waals surface area contributed by atoms with Crippen LogP contribution in [-0.2, 0) is 9.53 Å². The highest BCUT2D eigenvalue weighted by atomic mass is 16.5. The molecule has 0 saturated carbocycles. The van der Waals surface area contributed by atoms with Crippen molar-refractivity contribution >= 4 is 5.91 Å². The summed E-state index contributed by atoms with van der Waals surface area (Å²) >= 11 is 0. The molecule has 22 heavy (non-hydrogen) atoms. The lowest BCUT2D eigenvalue weighted by molar-refractivity contribution is -0.128. The zero-order chi connectivity index (χ0) is 15.8. The van der Waals surface area contributed by atoms with Gasteiger partial charge >= 0.3 is 0 Å². The number of carbonyl (C=O) groups excluding carboxylic acids is 1. The smallest absolute Gasteiger partial charge is 0.246 e. The largest absolute Gasteiger partial charge is 0.381 e. The van der Waals surface area contributed by atoms with E-state index in [1.54, 1.807) is 13.2 Å². The Morgan fingerprint density at radius 1 is 1.41 bits per heavy atom. The van der Waals surface area contributed by atoms with Gasteiger partial charge in [0.15, 0.2) is 0 Å². The van der Waals surface area contributed by atoms with E-state index in [4.69, 9.17) is 11.3 Å². The van der Waals surface area contributed by atoms with Gasteiger partial charge in [0.2, 0.25) is 12.5 Å². The lowest BCUT2D eigenvalue weighted by atomic mass is 10.1. The maximum atomic E-state index is 12.3. The van der Waals surface area contributed by atoms with E-state index >= 15 is 0 Å². The van der Waals surface area contributed by atoms with Crippen LogP contribution in [0.3, 0.4) is 0 Å². The highest BCUT2D eigenvalue weighted by Crippen LogP contribution is 2.12. The average Bonchev–Trinajstić information content (AvgIpc) is 2.56. The van der Waals surface area contributed by atoms with Crippen molar-refractivity contribution in [1.29, 1.82) is 0 Å². The first-order chi connectivity index (χ1) is 10.7. The minimum absolute atomic E-state index is 0.000785. The van der Waals surface area contributed by atoms with Gasteiger partial charge in [-0.2, -0.15) is 0 Å². The Hall–Kier alpha value is -1.42. The summed E-state index contributed by atoms with van der Waals surface area (Å²) in [6.45, 7) is 12.4. The van der Waals surface area contributed by atoms with Crippen molar-refractivity contribution in [2.75, 3.05) is 52.9 Å². The third-order valence-electron chi connectivity index (χ3n) is 4.43. The van der Waals surface area contributed by atoms with Crippen molar-refractivity contribution in [3.05, 3.63) is 23.6 Å². The summed E-state index contributed by atoms with van der Waals surface area (Å²) < 4.78 is 5.36. The molecule has 122 valence electrons. The minimum Gasteiger partial charge on any atom is -0.381 e. The lowest BCUT2D eigenvalue weighted by Gasteiger charge is -2.32. The number of nitrogens with zero attached hydrogens (tertiary/aromatic N) is 3. The molecule has 2 rings (SSSR count). The number of carbonyl (C=O) groups is 1. The van der Waals surface area contributed by atoms with Crippen molar-refractivity contribution in [3.8, 4) is 0 Å². The Balaban J connectivity index is 1.77. The molecule has 0 radical (unpaired) electrons. The number of hydrogen-bond donors (Lipinski definition) is 1. The minimum atomic E-state index is 0.000785. The zero-order valence-electron chi connectivity index (χ0n) is 13.3. The van der Waals surface area contributed by atoms with Crippen molar-refractivity contribution in [2.45, 2.75) is 25.0 Å². The first kappa shape index (κ1) is 16.9. The van der Waals surface area contributed by atoms with E-state index in [9.17, 15) is 4.79 Å². The second kappa shape index (κ2) is 8.89. The Morgan fingerprint density at radius 2 is 2.18 bits per heavy atom. The molecule has 0 spiro atoms. The Bertz CT molecular complexity index is 424. The van der Waals surface area contributed by atoms with Crippen LogP contribution in [0, 0.1) is 6.57 Å². The SMILES string of the molecule is [C-]#[N+]C[C@H]1CNCCN1C(=O)/C=C/CN1CCC(OC)CC1. The molecule has 0 unspecified atom stereocenters. The van der Waals surface area contributed by atoms with E-state index < -0.39 is 0 Å². The third-order valence-corrected chi connectivity index (χ3v) is 4.43. The van der Waals surface area contributed by atoms with Gasteiger partial charge in [-0.15, -0.1) is 0 Å². The maximum Gasteiger partial charge on any atom is 0.246 e. The van der Waals surface area contributed by atoms with Crippen LogP contribution in [0.25, 0.3) is 4.85 Å². The summed E-state index contributed by atoms with van der Waals surface area (Å²) in [5.74, 6) is 0.0296. The summed E-state index contributed by atoms with van der Waals surface area (Å²) in [6, 6.07) is 0.000785. The standard InChI is InChI=1S/C16H26N4O2/c1-17-12-14-13-18-7-11-20(14)16(21)4-3-8-19-9-5-15(22-2)6-10-19/h3-4,14-15,18H,5-13H2,2H3/b4-3+/t14-/m0/s1. The average molecular weight is 306 g/mol. The third kappa shape index (κ3) is 4.80. The number of methoxy groups -OCH3 is 1. The van der Waals surface area contributed by atoms with Crippen LogP contribution >= 0.6 is 0 Å². The molecule has 6 heteroatoms. The van der Waals surface area contributed by atoms with E-state index in [1.807, 2.05) is 11.0 Å². The van der Waals surface area contributed by atoms with E-state index in [0.29, 0.717) is 25.7 Å². The summed E-state index contributed by atoms with van der Waals surface area (Å²) in [6.07, 6.45) is 6.13. The second-order valence-electron chi connectivity index (χ2n) is 5.87. The van der Waals surface area contributed by atoms with E-state index in [1.165, 1.54) is 0 Å². The Morgan fingerprint density at radius 3 is 2.86 bits per heavy atom. The summed E-state index contributed by atoms with van der Waals surface area (Å²) in [5, 5.41) is 3.24. The van der Waals surface area contributed by atoms with Crippen LogP contribution in [0.2, 0.25) is 0 Å². The number of hydrogen-bond acceptors (Lipinski definition) is 4. The molecule has 0 aromatic heterocycles. The summed E-state index contributed by atoms with van der Waals surface area (Å²) in [5.41, 5.74) is 0. The lowest BCUT2D eigenvalue weighted by Crippen LogP contribution is -2.54. The first-order valence-electron chi connectivity index (χ1n) is 8.00. The van der Waals surface area contributed by atoms with E-state index in [0.717, 1.165) is 39.0 Å². The number of nitrogens with one attached hydrogen (secondary N) is 1. The predicted octanol–water partition coefficient (Wildman–Crippen LogP) is 0.373. The van der Waals surface area contributed by atoms with Crippen molar-refractivity contribution in [2.24, 2.45) is 0 Å². The van der Waals surface area contributed by atoms with Crippen LogP contribution in [0.5, 0.6) is 0 Å². The van der Waals surface area contributed by atoms with Gasteiger partial charge in [0, 0.05) is 52.5 Å². The van der Waals surface area contributed by atoms with Gasteiger partial charge in [-0.1, -0.05) is 6.08 Å². The van der Waals surface area contributed by atoms with Crippen molar-refractivity contribution < 1.29 is 9.53 Å². The quantitative estimate of drug-likeness (QED) is 0.589. The van der Waals surface area contributed by atoms with E-state index in [-0.39, 0.29) is 11.9 Å². The fourth-order valence-corrected chi connectivity index (χ4v) is 3.05. The number of amides is 1. The second-order valence-corrected chi connectivity index (χ2v) is 5.87. The molecule has 1 N–H and O–H groups in total. The Kier molecular flexibility index (Phi) is 6.84. The topological polar surface area (TPSA) is 49.2 Å². The molecule has 2 fully saturated rings. The van der Waals surface area contributed by atoms with Gasteiger partial charge in [-0.3, -0.25) is 9.69 Å². The van der Waals surface area contributed by atoms with Gasteiger partial charge in [-0.25, -0.2) is 6.57 Å². The van der Waals surface area contributed by atoms with Crippen molar-refractivity contribution in [1.82, 2.24) is 15.1 Å². The fourth-order valence-electron chi connectivity index (χ4n) is 3.05. The fraction of sp³-hybridized carbons (Fsp3) is 0.750. The molecule has 0 aromatic rings. The number of likely N-dealkylation sites (tertiary alicyclic amines) is 1. The van der Waals surface area contributed by atoms with Gasteiger partial charge in [0.25, 0.3) is 0 Å².